The summed E-state index contributed by atoms with van der Waals surface area (Å²) in [6, 6.07) is 7.79. The molecule has 0 atom stereocenters. The topological polar surface area (TPSA) is 72.9 Å². The van der Waals surface area contributed by atoms with Gasteiger partial charge in [0.25, 0.3) is 0 Å². The molecule has 0 radical (unpaired) electrons. The smallest absolute Gasteiger partial charge is 0.231 e. The van der Waals surface area contributed by atoms with Crippen molar-refractivity contribution in [2.45, 2.75) is 36.7 Å². The van der Waals surface area contributed by atoms with Crippen LogP contribution in [-0.4, -0.2) is 22.0 Å². The first-order valence-electron chi connectivity index (χ1n) is 7.81. The Hall–Kier alpha value is -1.50. The van der Waals surface area contributed by atoms with Crippen molar-refractivity contribution >= 4 is 35.8 Å². The summed E-state index contributed by atoms with van der Waals surface area (Å²) < 4.78 is 1.97. The molecule has 1 amide bonds. The highest BCUT2D eigenvalue weighted by Crippen LogP contribution is 2.29. The van der Waals surface area contributed by atoms with E-state index in [9.17, 15) is 4.79 Å². The second-order valence-corrected chi connectivity index (χ2v) is 6.63. The van der Waals surface area contributed by atoms with E-state index in [2.05, 4.69) is 10.3 Å². The Morgan fingerprint density at radius 3 is 2.38 bits per heavy atom. The number of hydrogen-bond donors (Lipinski definition) is 2. The van der Waals surface area contributed by atoms with Crippen LogP contribution in [0.3, 0.4) is 0 Å². The average molecular weight is 369 g/mol. The maximum absolute atomic E-state index is 12.5. The monoisotopic (exact) mass is 368 g/mol. The lowest BCUT2D eigenvalue weighted by Gasteiger charge is -2.28. The molecule has 0 saturated heterocycles. The molecule has 132 valence electrons. The third-order valence-electron chi connectivity index (χ3n) is 4.32. The van der Waals surface area contributed by atoms with Gasteiger partial charge >= 0.3 is 0 Å². The summed E-state index contributed by atoms with van der Waals surface area (Å²) in [4.78, 5) is 17.9. The number of rotatable bonds is 7. The van der Waals surface area contributed by atoms with Crippen molar-refractivity contribution in [1.29, 1.82) is 0 Å². The van der Waals surface area contributed by atoms with Crippen molar-refractivity contribution in [2.75, 3.05) is 11.9 Å². The number of nitrogens with one attached hydrogen (secondary N) is 1. The predicted octanol–water partition coefficient (Wildman–Crippen LogP) is 3.70. The molecule has 0 unspecified atom stereocenters. The summed E-state index contributed by atoms with van der Waals surface area (Å²) in [5.41, 5.74) is 6.13. The molecular formula is C17H25ClN4OS. The van der Waals surface area contributed by atoms with Crippen LogP contribution in [0, 0.1) is 5.41 Å². The Morgan fingerprint density at radius 2 is 1.92 bits per heavy atom. The van der Waals surface area contributed by atoms with Crippen LogP contribution in [0.15, 0.2) is 46.7 Å². The number of nitrogens with two attached hydrogens (primary N) is 1. The summed E-state index contributed by atoms with van der Waals surface area (Å²) in [6.07, 6.45) is 5.16. The molecule has 2 aromatic rings. The van der Waals surface area contributed by atoms with Crippen molar-refractivity contribution < 1.29 is 4.79 Å². The summed E-state index contributed by atoms with van der Waals surface area (Å²) in [6.45, 7) is 4.37. The van der Waals surface area contributed by atoms with E-state index < -0.39 is 5.41 Å². The molecule has 0 fully saturated rings. The van der Waals surface area contributed by atoms with Gasteiger partial charge in [-0.3, -0.25) is 4.79 Å². The lowest BCUT2D eigenvalue weighted by atomic mass is 9.81. The van der Waals surface area contributed by atoms with Crippen molar-refractivity contribution in [3.8, 4) is 0 Å². The number of carbonyl (C=O) groups excluding carboxylic acids is 1. The molecule has 0 aliphatic heterocycles. The number of hydrogen-bond acceptors (Lipinski definition) is 4. The quantitative estimate of drug-likeness (QED) is 0.781. The second-order valence-electron chi connectivity index (χ2n) is 5.59. The standard InChI is InChI=1S/C17H24N4OS.ClH/c1-4-17(5-2,12-18)15(22)20-13-6-8-14(9-7-13)23-16-19-10-11-21(16)3;/h6-11H,4-5,12,18H2,1-3H3,(H,20,22);1H. The Balaban J connectivity index is 0.00000288. The molecule has 3 N–H and O–H groups in total. The molecule has 0 spiro atoms. The number of aryl methyl sites for hydroxylation is 1. The Labute approximate surface area is 153 Å². The van der Waals surface area contributed by atoms with Crippen LogP contribution in [0.1, 0.15) is 26.7 Å². The highest BCUT2D eigenvalue weighted by Gasteiger charge is 2.33. The van der Waals surface area contributed by atoms with Gasteiger partial charge < -0.3 is 15.6 Å². The largest absolute Gasteiger partial charge is 0.329 e. The lowest BCUT2D eigenvalue weighted by molar-refractivity contribution is -0.125. The zero-order valence-corrected chi connectivity index (χ0v) is 15.9. The summed E-state index contributed by atoms with van der Waals surface area (Å²) >= 11 is 1.59. The van der Waals surface area contributed by atoms with Gasteiger partial charge in [0.1, 0.15) is 0 Å². The van der Waals surface area contributed by atoms with Crippen LogP contribution in [-0.2, 0) is 11.8 Å². The van der Waals surface area contributed by atoms with Crippen LogP contribution in [0.4, 0.5) is 5.69 Å². The van der Waals surface area contributed by atoms with Gasteiger partial charge in [0.2, 0.25) is 5.91 Å². The number of carbonyl (C=O) groups is 1. The van der Waals surface area contributed by atoms with E-state index in [-0.39, 0.29) is 18.3 Å². The van der Waals surface area contributed by atoms with Crippen LogP contribution in [0.25, 0.3) is 0 Å². The lowest BCUT2D eigenvalue weighted by Crippen LogP contribution is -2.41. The summed E-state index contributed by atoms with van der Waals surface area (Å²) in [7, 11) is 1.96. The maximum atomic E-state index is 12.5. The van der Waals surface area contributed by atoms with Crippen molar-refractivity contribution in [1.82, 2.24) is 9.55 Å². The minimum atomic E-state index is -0.486. The molecule has 5 nitrogen and oxygen atoms in total. The second kappa shape index (κ2) is 9.11. The van der Waals surface area contributed by atoms with E-state index in [0.29, 0.717) is 6.54 Å². The van der Waals surface area contributed by atoms with E-state index >= 15 is 0 Å². The van der Waals surface area contributed by atoms with E-state index in [0.717, 1.165) is 28.6 Å². The minimum absolute atomic E-state index is 0. The zero-order chi connectivity index (χ0) is 16.9. The van der Waals surface area contributed by atoms with Crippen LogP contribution >= 0.6 is 24.2 Å². The van der Waals surface area contributed by atoms with Gasteiger partial charge in [0, 0.05) is 36.6 Å². The normalized spacial score (nSPS) is 11.0. The van der Waals surface area contributed by atoms with E-state index in [4.69, 9.17) is 5.73 Å². The van der Waals surface area contributed by atoms with Crippen LogP contribution < -0.4 is 11.1 Å². The molecular weight excluding hydrogens is 344 g/mol. The maximum Gasteiger partial charge on any atom is 0.231 e. The van der Waals surface area contributed by atoms with Crippen molar-refractivity contribution in [3.05, 3.63) is 36.7 Å². The van der Waals surface area contributed by atoms with Crippen LogP contribution in [0.5, 0.6) is 0 Å². The molecule has 24 heavy (non-hydrogen) atoms. The number of amides is 1. The first-order valence-corrected chi connectivity index (χ1v) is 8.63. The Kier molecular flexibility index (Phi) is 7.79. The molecule has 0 aliphatic rings. The third kappa shape index (κ3) is 4.53. The van der Waals surface area contributed by atoms with Crippen LogP contribution in [0.2, 0.25) is 0 Å². The molecule has 0 aliphatic carbocycles. The highest BCUT2D eigenvalue weighted by atomic mass is 35.5. The van der Waals surface area contributed by atoms with Gasteiger partial charge in [-0.15, -0.1) is 12.4 Å². The molecule has 0 saturated carbocycles. The zero-order valence-electron chi connectivity index (χ0n) is 14.3. The number of imidazole rings is 1. The number of halogens is 1. The summed E-state index contributed by atoms with van der Waals surface area (Å²) in [5, 5.41) is 3.92. The molecule has 2 rings (SSSR count). The number of nitrogens with zero attached hydrogens (tertiary/aromatic N) is 2. The van der Waals surface area contributed by atoms with Gasteiger partial charge in [-0.2, -0.15) is 0 Å². The average Bonchev–Trinajstić information content (AvgIpc) is 2.96. The van der Waals surface area contributed by atoms with Crippen molar-refractivity contribution in [2.24, 2.45) is 18.2 Å². The predicted molar refractivity (Wildman–Crippen MR) is 102 cm³/mol. The van der Waals surface area contributed by atoms with Gasteiger partial charge in [-0.25, -0.2) is 4.98 Å². The Morgan fingerprint density at radius 1 is 1.29 bits per heavy atom. The fraction of sp³-hybridized carbons (Fsp3) is 0.412. The van der Waals surface area contributed by atoms with E-state index in [1.807, 2.05) is 55.9 Å². The fourth-order valence-electron chi connectivity index (χ4n) is 2.38. The summed E-state index contributed by atoms with van der Waals surface area (Å²) in [5.74, 6) is -0.00509. The molecule has 1 aromatic heterocycles. The molecule has 7 heteroatoms. The number of benzene rings is 1. The number of anilines is 1. The first-order chi connectivity index (χ1) is 11.0. The molecule has 1 aromatic carbocycles. The number of aromatic nitrogens is 2. The van der Waals surface area contributed by atoms with Gasteiger partial charge in [-0.05, 0) is 37.1 Å². The van der Waals surface area contributed by atoms with E-state index in [1.165, 1.54) is 0 Å². The van der Waals surface area contributed by atoms with Gasteiger partial charge in [0.05, 0.1) is 5.41 Å². The van der Waals surface area contributed by atoms with E-state index in [1.54, 1.807) is 18.0 Å². The molecule has 0 bridgehead atoms. The third-order valence-corrected chi connectivity index (χ3v) is 5.41. The van der Waals surface area contributed by atoms with Crippen molar-refractivity contribution in [3.63, 3.8) is 0 Å². The first kappa shape index (κ1) is 20.5. The highest BCUT2D eigenvalue weighted by molar-refractivity contribution is 7.99. The SMILES string of the molecule is CCC(CC)(CN)C(=O)Nc1ccc(Sc2nccn2C)cc1.Cl. The molecule has 1 heterocycles. The fourth-order valence-corrected chi connectivity index (χ4v) is 3.18. The van der Waals surface area contributed by atoms with Gasteiger partial charge in [-0.1, -0.05) is 25.6 Å². The van der Waals surface area contributed by atoms with Gasteiger partial charge in [0.15, 0.2) is 5.16 Å². The minimum Gasteiger partial charge on any atom is -0.329 e. The Bertz CT molecular complexity index is 645.